The Bertz CT molecular complexity index is 596. The molecule has 1 N–H and O–H groups in total. The van der Waals surface area contributed by atoms with E-state index in [2.05, 4.69) is 5.32 Å². The maximum absolute atomic E-state index is 12.8. The van der Waals surface area contributed by atoms with Gasteiger partial charge in [-0.3, -0.25) is 4.79 Å². The zero-order chi connectivity index (χ0) is 16.3. The molecule has 1 aliphatic rings. The monoisotopic (exact) mass is 315 g/mol. The third-order valence-corrected chi connectivity index (χ3v) is 3.25. The summed E-state index contributed by atoms with van der Waals surface area (Å²) < 4.78 is 48.8. The molecule has 0 radical (unpaired) electrons. The first-order chi connectivity index (χ1) is 10.4. The average molecular weight is 315 g/mol. The van der Waals surface area contributed by atoms with Crippen molar-refractivity contribution in [3.05, 3.63) is 41.3 Å². The molecule has 0 bridgehead atoms. The number of rotatable bonds is 5. The van der Waals surface area contributed by atoms with Crippen LogP contribution in [0.5, 0.6) is 0 Å². The van der Waals surface area contributed by atoms with Crippen molar-refractivity contribution in [3.8, 4) is 0 Å². The molecular weight excluding hydrogens is 299 g/mol. The lowest BCUT2D eigenvalue weighted by atomic mass is 9.98. The summed E-state index contributed by atoms with van der Waals surface area (Å²) in [5, 5.41) is 2.77. The molecule has 7 heteroatoms. The van der Waals surface area contributed by atoms with Crippen LogP contribution in [0.4, 0.5) is 13.2 Å². The van der Waals surface area contributed by atoms with Gasteiger partial charge in [-0.25, -0.2) is 0 Å². The van der Waals surface area contributed by atoms with Crippen molar-refractivity contribution in [1.29, 1.82) is 0 Å². The van der Waals surface area contributed by atoms with Crippen LogP contribution in [0.15, 0.2) is 30.1 Å². The van der Waals surface area contributed by atoms with Crippen LogP contribution in [0.3, 0.4) is 0 Å². The molecular formula is C15H16F3NO3. The number of carbonyl (C=O) groups is 1. The van der Waals surface area contributed by atoms with E-state index in [-0.39, 0.29) is 29.5 Å². The average Bonchev–Trinajstić information content (AvgIpc) is 2.80. The molecule has 0 amide bonds. The second-order valence-electron chi connectivity index (χ2n) is 4.77. The maximum Gasteiger partial charge on any atom is 0.416 e. The zero-order valence-electron chi connectivity index (χ0n) is 12.2. The molecule has 4 nitrogen and oxygen atoms in total. The highest BCUT2D eigenvalue weighted by molar-refractivity contribution is 6.25. The fraction of sp³-hybridized carbons (Fsp3) is 0.400. The van der Waals surface area contributed by atoms with E-state index in [9.17, 15) is 18.0 Å². The minimum Gasteiger partial charge on any atom is -0.467 e. The normalized spacial score (nSPS) is 18.6. The van der Waals surface area contributed by atoms with Gasteiger partial charge < -0.3 is 14.8 Å². The molecule has 0 saturated heterocycles. The predicted octanol–water partition coefficient (Wildman–Crippen LogP) is 2.95. The van der Waals surface area contributed by atoms with E-state index >= 15 is 0 Å². The topological polar surface area (TPSA) is 47.6 Å². The molecule has 22 heavy (non-hydrogen) atoms. The van der Waals surface area contributed by atoms with Gasteiger partial charge in [0.15, 0.2) is 6.10 Å². The molecule has 1 aromatic rings. The number of Topliss-reactive ketones (excluding diaryl/α,β-unsaturated/α-hetero) is 1. The second-order valence-corrected chi connectivity index (χ2v) is 4.77. The molecule has 0 aromatic heterocycles. The van der Waals surface area contributed by atoms with Crippen molar-refractivity contribution in [2.75, 3.05) is 13.8 Å². The predicted molar refractivity (Wildman–Crippen MR) is 73.5 cm³/mol. The Kier molecular flexibility index (Phi) is 4.75. The van der Waals surface area contributed by atoms with E-state index in [1.54, 1.807) is 6.92 Å². The largest absolute Gasteiger partial charge is 0.467 e. The molecule has 1 heterocycles. The minimum absolute atomic E-state index is 0.0848. The van der Waals surface area contributed by atoms with E-state index in [1.165, 1.54) is 19.2 Å². The summed E-state index contributed by atoms with van der Waals surface area (Å²) in [4.78, 5) is 12.3. The summed E-state index contributed by atoms with van der Waals surface area (Å²) in [6.45, 7) is 1.85. The summed E-state index contributed by atoms with van der Waals surface area (Å²) in [6, 6.07) is 4.64. The molecule has 2 rings (SSSR count). The molecule has 0 fully saturated rings. The molecule has 0 saturated carbocycles. The summed E-state index contributed by atoms with van der Waals surface area (Å²) in [5.74, 6) is -0.182. The Morgan fingerprint density at radius 1 is 1.36 bits per heavy atom. The molecule has 120 valence electrons. The third-order valence-electron chi connectivity index (χ3n) is 3.25. The Morgan fingerprint density at radius 3 is 2.68 bits per heavy atom. The summed E-state index contributed by atoms with van der Waals surface area (Å²) in [6.07, 6.45) is -4.73. The number of ketones is 1. The standard InChI is InChI=1S/C15H16F3NO3/c1-3-11-13(20)12(14(22-11)19-8-21-2)9-5-4-6-10(7-9)15(16,17)18/h4-7,11,19H,3,8H2,1-2H3. The summed E-state index contributed by atoms with van der Waals surface area (Å²) in [5.41, 5.74) is -0.513. The summed E-state index contributed by atoms with van der Waals surface area (Å²) in [7, 11) is 1.45. The molecule has 1 unspecified atom stereocenters. The number of ether oxygens (including phenoxy) is 2. The van der Waals surface area contributed by atoms with E-state index in [4.69, 9.17) is 9.47 Å². The lowest BCUT2D eigenvalue weighted by Gasteiger charge is -2.11. The molecule has 1 aromatic carbocycles. The van der Waals surface area contributed by atoms with Gasteiger partial charge in [-0.1, -0.05) is 19.1 Å². The fourth-order valence-corrected chi connectivity index (χ4v) is 2.19. The van der Waals surface area contributed by atoms with Gasteiger partial charge >= 0.3 is 6.18 Å². The van der Waals surface area contributed by atoms with Crippen LogP contribution < -0.4 is 5.32 Å². The number of carbonyl (C=O) groups excluding carboxylic acids is 1. The molecule has 1 atom stereocenters. The zero-order valence-corrected chi connectivity index (χ0v) is 12.2. The van der Waals surface area contributed by atoms with Crippen molar-refractivity contribution in [2.45, 2.75) is 25.6 Å². The van der Waals surface area contributed by atoms with Crippen molar-refractivity contribution < 1.29 is 27.4 Å². The van der Waals surface area contributed by atoms with Crippen LogP contribution >= 0.6 is 0 Å². The first-order valence-corrected chi connectivity index (χ1v) is 6.74. The number of benzene rings is 1. The Morgan fingerprint density at radius 2 is 2.09 bits per heavy atom. The van der Waals surface area contributed by atoms with Gasteiger partial charge in [0.05, 0.1) is 11.1 Å². The first kappa shape index (κ1) is 16.4. The van der Waals surface area contributed by atoms with Crippen molar-refractivity contribution >= 4 is 11.4 Å². The van der Waals surface area contributed by atoms with Crippen LogP contribution in [-0.2, 0) is 20.4 Å². The van der Waals surface area contributed by atoms with Gasteiger partial charge in [0.1, 0.15) is 6.73 Å². The molecule has 0 spiro atoms. The van der Waals surface area contributed by atoms with Gasteiger partial charge in [-0.05, 0) is 24.1 Å². The van der Waals surface area contributed by atoms with E-state index in [0.717, 1.165) is 12.1 Å². The lowest BCUT2D eigenvalue weighted by Crippen LogP contribution is -2.19. The van der Waals surface area contributed by atoms with Crippen LogP contribution in [-0.4, -0.2) is 25.7 Å². The Balaban J connectivity index is 2.44. The Labute approximate surface area is 125 Å². The molecule has 1 aliphatic heterocycles. The highest BCUT2D eigenvalue weighted by Crippen LogP contribution is 2.34. The number of nitrogens with one attached hydrogen (secondary N) is 1. The highest BCUT2D eigenvalue weighted by atomic mass is 19.4. The van der Waals surface area contributed by atoms with Gasteiger partial charge in [0, 0.05) is 7.11 Å². The third kappa shape index (κ3) is 3.24. The number of alkyl halides is 3. The second kappa shape index (κ2) is 6.39. The number of hydrogen-bond acceptors (Lipinski definition) is 4. The first-order valence-electron chi connectivity index (χ1n) is 6.74. The number of methoxy groups -OCH3 is 1. The van der Waals surface area contributed by atoms with E-state index < -0.39 is 17.8 Å². The quantitative estimate of drug-likeness (QED) is 0.849. The van der Waals surface area contributed by atoms with Crippen molar-refractivity contribution in [1.82, 2.24) is 5.32 Å². The maximum atomic E-state index is 12.8. The van der Waals surface area contributed by atoms with Crippen LogP contribution in [0.2, 0.25) is 0 Å². The van der Waals surface area contributed by atoms with Gasteiger partial charge in [0.25, 0.3) is 0 Å². The number of hydrogen-bond donors (Lipinski definition) is 1. The minimum atomic E-state index is -4.47. The van der Waals surface area contributed by atoms with Gasteiger partial charge in [-0.15, -0.1) is 0 Å². The smallest absolute Gasteiger partial charge is 0.416 e. The SMILES string of the molecule is CCC1OC(NCOC)=C(c2cccc(C(F)(F)F)c2)C1=O. The molecule has 0 aliphatic carbocycles. The number of halogens is 3. The van der Waals surface area contributed by atoms with Crippen LogP contribution in [0, 0.1) is 0 Å². The van der Waals surface area contributed by atoms with Gasteiger partial charge in [-0.2, -0.15) is 13.2 Å². The van der Waals surface area contributed by atoms with Gasteiger partial charge in [0.2, 0.25) is 11.7 Å². The Hall–Kier alpha value is -2.02. The summed E-state index contributed by atoms with van der Waals surface area (Å²) >= 11 is 0. The van der Waals surface area contributed by atoms with E-state index in [1.807, 2.05) is 0 Å². The van der Waals surface area contributed by atoms with Crippen molar-refractivity contribution in [3.63, 3.8) is 0 Å². The van der Waals surface area contributed by atoms with E-state index in [0.29, 0.717) is 6.42 Å². The van der Waals surface area contributed by atoms with Crippen LogP contribution in [0.1, 0.15) is 24.5 Å². The lowest BCUT2D eigenvalue weighted by molar-refractivity contribution is -0.137. The van der Waals surface area contributed by atoms with Crippen molar-refractivity contribution in [2.24, 2.45) is 0 Å². The highest BCUT2D eigenvalue weighted by Gasteiger charge is 2.36. The fourth-order valence-electron chi connectivity index (χ4n) is 2.19. The van der Waals surface area contributed by atoms with Crippen LogP contribution in [0.25, 0.3) is 5.57 Å².